The summed E-state index contributed by atoms with van der Waals surface area (Å²) in [4.78, 5) is 36.0. The number of aliphatic hydroxyl groups excluding tert-OH is 1. The standard InChI is InChI=1S/C26H29N7O3/c1-15(2)13-33-24-22(25(35)31(3)26(33)36)28-21(23-20(14-34)29-30-32(23)4)19(27-24)12-17-10-7-9-16-8-5-6-11-18(16)17/h5-11,15,20,23,34H,12-14H2,1-4H3. The first-order chi connectivity index (χ1) is 17.3. The summed E-state index contributed by atoms with van der Waals surface area (Å²) in [6.45, 7) is 4.18. The van der Waals surface area contributed by atoms with Crippen LogP contribution in [-0.2, 0) is 20.0 Å². The molecular weight excluding hydrogens is 458 g/mol. The van der Waals surface area contributed by atoms with Crippen LogP contribution in [0.1, 0.15) is 36.8 Å². The number of likely N-dealkylation sites (N-methyl/N-ethyl adjacent to an activating group) is 1. The smallest absolute Gasteiger partial charge is 0.332 e. The summed E-state index contributed by atoms with van der Waals surface area (Å²) < 4.78 is 2.60. The highest BCUT2D eigenvalue weighted by molar-refractivity contribution is 5.86. The molecule has 2 aromatic carbocycles. The van der Waals surface area contributed by atoms with Crippen LogP contribution >= 0.6 is 0 Å². The molecule has 0 fully saturated rings. The Morgan fingerprint density at radius 1 is 1.03 bits per heavy atom. The summed E-state index contributed by atoms with van der Waals surface area (Å²) in [5.74, 6) is 0.156. The fraction of sp³-hybridized carbons (Fsp3) is 0.385. The van der Waals surface area contributed by atoms with Gasteiger partial charge in [-0.15, -0.1) is 0 Å². The zero-order chi connectivity index (χ0) is 25.6. The van der Waals surface area contributed by atoms with Gasteiger partial charge in [0.25, 0.3) is 5.56 Å². The summed E-state index contributed by atoms with van der Waals surface area (Å²) in [7, 11) is 3.21. The fourth-order valence-corrected chi connectivity index (χ4v) is 4.86. The lowest BCUT2D eigenvalue weighted by Gasteiger charge is -2.24. The lowest BCUT2D eigenvalue weighted by atomic mass is 9.96. The number of nitrogens with zero attached hydrogens (tertiary/aromatic N) is 7. The van der Waals surface area contributed by atoms with Crippen LogP contribution in [0.3, 0.4) is 0 Å². The molecule has 10 heteroatoms. The van der Waals surface area contributed by atoms with Gasteiger partial charge in [-0.2, -0.15) is 5.11 Å². The van der Waals surface area contributed by atoms with Crippen molar-refractivity contribution in [3.05, 3.63) is 80.3 Å². The minimum absolute atomic E-state index is 0.117. The van der Waals surface area contributed by atoms with Crippen molar-refractivity contribution in [1.82, 2.24) is 24.1 Å². The molecule has 4 aromatic rings. The van der Waals surface area contributed by atoms with Gasteiger partial charge in [-0.1, -0.05) is 61.5 Å². The third-order valence-corrected chi connectivity index (χ3v) is 6.62. The Bertz CT molecular complexity index is 1600. The monoisotopic (exact) mass is 487 g/mol. The van der Waals surface area contributed by atoms with Crippen LogP contribution in [0.4, 0.5) is 0 Å². The third kappa shape index (κ3) is 3.97. The summed E-state index contributed by atoms with van der Waals surface area (Å²) in [6.07, 6.45) is 0.424. The van der Waals surface area contributed by atoms with Crippen molar-refractivity contribution < 1.29 is 5.11 Å². The molecule has 1 aliphatic heterocycles. The first kappa shape index (κ1) is 23.8. The molecule has 10 nitrogen and oxygen atoms in total. The second-order valence-electron chi connectivity index (χ2n) is 9.67. The van der Waals surface area contributed by atoms with E-state index in [1.807, 2.05) is 38.1 Å². The van der Waals surface area contributed by atoms with Gasteiger partial charge in [0.1, 0.15) is 12.1 Å². The number of hydrogen-bond donors (Lipinski definition) is 1. The predicted octanol–water partition coefficient (Wildman–Crippen LogP) is 2.60. The lowest BCUT2D eigenvalue weighted by Crippen LogP contribution is -2.40. The maximum absolute atomic E-state index is 13.2. The van der Waals surface area contributed by atoms with Crippen LogP contribution in [-0.4, -0.2) is 48.9 Å². The molecule has 0 saturated heterocycles. The molecule has 0 saturated carbocycles. The highest BCUT2D eigenvalue weighted by Crippen LogP contribution is 2.33. The first-order valence-corrected chi connectivity index (χ1v) is 12.0. The van der Waals surface area contributed by atoms with Crippen LogP contribution in [0.25, 0.3) is 21.9 Å². The molecule has 36 heavy (non-hydrogen) atoms. The molecule has 0 spiro atoms. The Kier molecular flexibility index (Phi) is 6.13. The number of hydrogen-bond acceptors (Lipinski definition) is 8. The topological polar surface area (TPSA) is 118 Å². The molecule has 0 amide bonds. The minimum Gasteiger partial charge on any atom is -0.394 e. The molecule has 0 radical (unpaired) electrons. The lowest BCUT2D eigenvalue weighted by molar-refractivity contribution is 0.203. The van der Waals surface area contributed by atoms with Gasteiger partial charge in [-0.3, -0.25) is 18.9 Å². The molecule has 1 N–H and O–H groups in total. The van der Waals surface area contributed by atoms with Crippen molar-refractivity contribution in [3.8, 4) is 0 Å². The van der Waals surface area contributed by atoms with Crippen molar-refractivity contribution in [1.29, 1.82) is 0 Å². The second-order valence-corrected chi connectivity index (χ2v) is 9.67. The van der Waals surface area contributed by atoms with Gasteiger partial charge in [-0.25, -0.2) is 14.8 Å². The Hall–Kier alpha value is -3.92. The Morgan fingerprint density at radius 3 is 2.53 bits per heavy atom. The van der Waals surface area contributed by atoms with Gasteiger partial charge in [-0.05, 0) is 22.3 Å². The van der Waals surface area contributed by atoms with Crippen LogP contribution in [0, 0.1) is 5.92 Å². The predicted molar refractivity (Wildman–Crippen MR) is 137 cm³/mol. The highest BCUT2D eigenvalue weighted by atomic mass is 16.3. The molecule has 5 rings (SSSR count). The van der Waals surface area contributed by atoms with E-state index in [2.05, 4.69) is 28.5 Å². The first-order valence-electron chi connectivity index (χ1n) is 12.0. The van der Waals surface area contributed by atoms with E-state index < -0.39 is 23.3 Å². The molecule has 1 aliphatic rings. The average molecular weight is 488 g/mol. The third-order valence-electron chi connectivity index (χ3n) is 6.62. The van der Waals surface area contributed by atoms with Crippen molar-refractivity contribution in [3.63, 3.8) is 0 Å². The van der Waals surface area contributed by atoms with Crippen LogP contribution < -0.4 is 11.2 Å². The van der Waals surface area contributed by atoms with E-state index in [1.165, 1.54) is 11.6 Å². The van der Waals surface area contributed by atoms with Gasteiger partial charge in [0.15, 0.2) is 11.2 Å². The molecular formula is C26H29N7O3. The zero-order valence-electron chi connectivity index (χ0n) is 20.8. The van der Waals surface area contributed by atoms with Gasteiger partial charge in [0, 0.05) is 27.1 Å². The van der Waals surface area contributed by atoms with E-state index in [4.69, 9.17) is 9.97 Å². The summed E-state index contributed by atoms with van der Waals surface area (Å²) in [5, 5.41) is 22.1. The number of rotatable bonds is 6. The second kappa shape index (κ2) is 9.27. The number of aliphatic hydroxyl groups is 1. The summed E-state index contributed by atoms with van der Waals surface area (Å²) >= 11 is 0. The van der Waals surface area contributed by atoms with E-state index in [0.29, 0.717) is 24.4 Å². The quantitative estimate of drug-likeness (QED) is 0.447. The molecule has 2 aromatic heterocycles. The van der Waals surface area contributed by atoms with Crippen molar-refractivity contribution in [2.45, 2.75) is 38.9 Å². The van der Waals surface area contributed by atoms with Gasteiger partial charge < -0.3 is 5.11 Å². The van der Waals surface area contributed by atoms with E-state index in [-0.39, 0.29) is 23.7 Å². The highest BCUT2D eigenvalue weighted by Gasteiger charge is 2.36. The Balaban J connectivity index is 1.80. The average Bonchev–Trinajstić information content (AvgIpc) is 3.25. The molecule has 2 unspecified atom stereocenters. The van der Waals surface area contributed by atoms with Crippen molar-refractivity contribution in [2.24, 2.45) is 23.3 Å². The number of fused-ring (bicyclic) bond motifs is 2. The summed E-state index contributed by atoms with van der Waals surface area (Å²) in [5.41, 5.74) is 1.64. The SMILES string of the molecule is CC(C)Cn1c(=O)n(C)c(=O)c2nc(C3C(CO)N=NN3C)c(Cc3cccc4ccccc34)nc21. The van der Waals surface area contributed by atoms with Crippen LogP contribution in [0.2, 0.25) is 0 Å². The Labute approximate surface area is 207 Å². The minimum atomic E-state index is -0.543. The van der Waals surface area contributed by atoms with Crippen molar-refractivity contribution in [2.75, 3.05) is 13.7 Å². The molecule has 2 atom stereocenters. The molecule has 186 valence electrons. The fourth-order valence-electron chi connectivity index (χ4n) is 4.86. The normalized spacial score (nSPS) is 17.7. The molecule has 0 aliphatic carbocycles. The van der Waals surface area contributed by atoms with E-state index >= 15 is 0 Å². The van der Waals surface area contributed by atoms with E-state index in [9.17, 15) is 14.7 Å². The van der Waals surface area contributed by atoms with Crippen LogP contribution in [0.15, 0.2) is 62.4 Å². The maximum atomic E-state index is 13.2. The summed E-state index contributed by atoms with van der Waals surface area (Å²) in [6, 6.07) is 13.2. The van der Waals surface area contributed by atoms with Gasteiger partial charge in [0.05, 0.1) is 18.0 Å². The van der Waals surface area contributed by atoms with Gasteiger partial charge >= 0.3 is 5.69 Å². The molecule has 0 bridgehead atoms. The Morgan fingerprint density at radius 2 is 1.78 bits per heavy atom. The van der Waals surface area contributed by atoms with E-state index in [0.717, 1.165) is 20.9 Å². The van der Waals surface area contributed by atoms with Crippen LogP contribution in [0.5, 0.6) is 0 Å². The number of aromatic nitrogens is 4. The zero-order valence-corrected chi connectivity index (χ0v) is 20.8. The molecule has 3 heterocycles. The number of benzene rings is 2. The van der Waals surface area contributed by atoms with E-state index in [1.54, 1.807) is 12.1 Å². The van der Waals surface area contributed by atoms with Gasteiger partial charge in [0.2, 0.25) is 0 Å². The largest absolute Gasteiger partial charge is 0.394 e. The van der Waals surface area contributed by atoms with Crippen molar-refractivity contribution >= 4 is 21.9 Å². The maximum Gasteiger partial charge on any atom is 0.332 e.